The number of benzene rings is 2. The molecule has 0 saturated carbocycles. The zero-order chi connectivity index (χ0) is 20.1. The lowest BCUT2D eigenvalue weighted by molar-refractivity contribution is 0.455. The van der Waals surface area contributed by atoms with E-state index in [1.54, 1.807) is 6.20 Å². The van der Waals surface area contributed by atoms with Gasteiger partial charge in [-0.25, -0.2) is 4.98 Å². The normalized spacial score (nSPS) is 15.5. The van der Waals surface area contributed by atoms with Crippen LogP contribution in [-0.2, 0) is 6.42 Å². The number of aryl methyl sites for hydroxylation is 1. The SMILES string of the molecule is CCc1cccc(N2CCC(N/C=C(\C=N)c3cnc4ccccc4n3)CC2)c1. The van der Waals surface area contributed by atoms with Crippen LogP contribution in [0.3, 0.4) is 0 Å². The number of fused-ring (bicyclic) bond motifs is 1. The Hall–Kier alpha value is -3.21. The Bertz CT molecular complexity index is 1020. The third-order valence-corrected chi connectivity index (χ3v) is 5.55. The Balaban J connectivity index is 1.39. The highest BCUT2D eigenvalue weighted by atomic mass is 15.1. The molecule has 2 aromatic carbocycles. The van der Waals surface area contributed by atoms with Gasteiger partial charge in [-0.05, 0) is 49.1 Å². The van der Waals surface area contributed by atoms with Crippen molar-refractivity contribution < 1.29 is 0 Å². The van der Waals surface area contributed by atoms with Gasteiger partial charge in [-0.2, -0.15) is 0 Å². The summed E-state index contributed by atoms with van der Waals surface area (Å²) in [5, 5.41) is 11.3. The molecule has 2 N–H and O–H groups in total. The van der Waals surface area contributed by atoms with Crippen molar-refractivity contribution in [3.8, 4) is 0 Å². The van der Waals surface area contributed by atoms with E-state index >= 15 is 0 Å². The number of allylic oxidation sites excluding steroid dienone is 1. The van der Waals surface area contributed by atoms with Gasteiger partial charge in [-0.1, -0.05) is 31.2 Å². The summed E-state index contributed by atoms with van der Waals surface area (Å²) in [4.78, 5) is 11.6. The standard InChI is InChI=1S/C24H27N5/c1-2-18-6-5-7-21(14-18)29-12-10-20(11-13-29)26-16-19(15-25)24-17-27-22-8-3-4-9-23(22)28-24/h3-9,14-17,20,25-26H,2,10-13H2,1H3/b19-16+,25-15?. The smallest absolute Gasteiger partial charge is 0.0922 e. The summed E-state index contributed by atoms with van der Waals surface area (Å²) in [6.07, 6.45) is 8.22. The lowest BCUT2D eigenvalue weighted by Gasteiger charge is -2.34. The minimum absolute atomic E-state index is 0.406. The van der Waals surface area contributed by atoms with Crippen molar-refractivity contribution >= 4 is 28.5 Å². The highest BCUT2D eigenvalue weighted by Gasteiger charge is 2.19. The zero-order valence-electron chi connectivity index (χ0n) is 16.8. The molecule has 1 aromatic heterocycles. The van der Waals surface area contributed by atoms with Gasteiger partial charge in [0.15, 0.2) is 0 Å². The van der Waals surface area contributed by atoms with Crippen LogP contribution in [0.1, 0.15) is 31.0 Å². The average Bonchev–Trinajstić information content (AvgIpc) is 2.80. The average molecular weight is 386 g/mol. The molecule has 0 unspecified atom stereocenters. The maximum absolute atomic E-state index is 7.80. The van der Waals surface area contributed by atoms with Gasteiger partial charge in [-0.3, -0.25) is 4.98 Å². The van der Waals surface area contributed by atoms with E-state index in [0.717, 1.165) is 54.7 Å². The molecular formula is C24H27N5. The van der Waals surface area contributed by atoms with Crippen LogP contribution in [0.5, 0.6) is 0 Å². The predicted octanol–water partition coefficient (Wildman–Crippen LogP) is 4.44. The van der Waals surface area contributed by atoms with Crippen molar-refractivity contribution in [3.05, 3.63) is 72.2 Å². The van der Waals surface area contributed by atoms with E-state index in [-0.39, 0.29) is 0 Å². The lowest BCUT2D eigenvalue weighted by atomic mass is 10.0. The number of piperidine rings is 1. The van der Waals surface area contributed by atoms with E-state index in [9.17, 15) is 0 Å². The molecule has 4 rings (SSSR count). The Morgan fingerprint density at radius 3 is 2.69 bits per heavy atom. The first-order valence-electron chi connectivity index (χ1n) is 10.3. The van der Waals surface area contributed by atoms with Gasteiger partial charge >= 0.3 is 0 Å². The number of para-hydroxylation sites is 2. The second-order valence-corrected chi connectivity index (χ2v) is 7.44. The van der Waals surface area contributed by atoms with E-state index in [4.69, 9.17) is 5.41 Å². The molecule has 29 heavy (non-hydrogen) atoms. The van der Waals surface area contributed by atoms with Crippen molar-refractivity contribution in [2.75, 3.05) is 18.0 Å². The zero-order valence-corrected chi connectivity index (χ0v) is 16.8. The fourth-order valence-electron chi connectivity index (χ4n) is 3.77. The molecule has 148 valence electrons. The summed E-state index contributed by atoms with van der Waals surface area (Å²) in [6, 6.07) is 17.1. The molecule has 0 radical (unpaired) electrons. The Morgan fingerprint density at radius 1 is 1.14 bits per heavy atom. The maximum Gasteiger partial charge on any atom is 0.0922 e. The summed E-state index contributed by atoms with van der Waals surface area (Å²) in [5.74, 6) is 0. The monoisotopic (exact) mass is 385 g/mol. The minimum atomic E-state index is 0.406. The number of hydrogen-bond acceptors (Lipinski definition) is 5. The second kappa shape index (κ2) is 8.86. The molecular weight excluding hydrogens is 358 g/mol. The van der Waals surface area contributed by atoms with Crippen LogP contribution in [0.2, 0.25) is 0 Å². The molecule has 0 bridgehead atoms. The summed E-state index contributed by atoms with van der Waals surface area (Å²) >= 11 is 0. The van der Waals surface area contributed by atoms with E-state index < -0.39 is 0 Å². The van der Waals surface area contributed by atoms with Crippen LogP contribution in [0.15, 0.2) is 60.9 Å². The molecule has 1 aliphatic rings. The lowest BCUT2D eigenvalue weighted by Crippen LogP contribution is -2.41. The van der Waals surface area contributed by atoms with Crippen molar-refractivity contribution in [2.45, 2.75) is 32.2 Å². The molecule has 0 atom stereocenters. The summed E-state index contributed by atoms with van der Waals surface area (Å²) in [5.41, 5.74) is 5.90. The van der Waals surface area contributed by atoms with Crippen LogP contribution in [-0.4, -0.2) is 35.3 Å². The molecule has 2 heterocycles. The van der Waals surface area contributed by atoms with Crippen LogP contribution in [0, 0.1) is 5.41 Å². The molecule has 5 heteroatoms. The van der Waals surface area contributed by atoms with Gasteiger partial charge in [0.1, 0.15) is 0 Å². The Morgan fingerprint density at radius 2 is 1.93 bits per heavy atom. The number of nitrogens with zero attached hydrogens (tertiary/aromatic N) is 3. The first-order chi connectivity index (χ1) is 14.3. The fourth-order valence-corrected chi connectivity index (χ4v) is 3.77. The topological polar surface area (TPSA) is 64.9 Å². The predicted molar refractivity (Wildman–Crippen MR) is 120 cm³/mol. The minimum Gasteiger partial charge on any atom is -0.387 e. The van der Waals surface area contributed by atoms with Crippen molar-refractivity contribution in [3.63, 3.8) is 0 Å². The van der Waals surface area contributed by atoms with Gasteiger partial charge in [0.05, 0.1) is 22.9 Å². The molecule has 1 fully saturated rings. The summed E-state index contributed by atoms with van der Waals surface area (Å²) in [7, 11) is 0. The van der Waals surface area contributed by atoms with Crippen molar-refractivity contribution in [2.24, 2.45) is 0 Å². The number of anilines is 1. The third kappa shape index (κ3) is 4.45. The highest BCUT2D eigenvalue weighted by Crippen LogP contribution is 2.22. The molecule has 3 aromatic rings. The summed E-state index contributed by atoms with van der Waals surface area (Å²) in [6.45, 7) is 4.27. The molecule has 0 amide bonds. The van der Waals surface area contributed by atoms with Crippen molar-refractivity contribution in [1.82, 2.24) is 15.3 Å². The number of hydrogen-bond donors (Lipinski definition) is 2. The van der Waals surface area contributed by atoms with Crippen molar-refractivity contribution in [1.29, 1.82) is 5.41 Å². The first-order valence-corrected chi connectivity index (χ1v) is 10.3. The van der Waals surface area contributed by atoms with E-state index in [2.05, 4.69) is 51.4 Å². The van der Waals surface area contributed by atoms with Gasteiger partial charge < -0.3 is 15.6 Å². The molecule has 0 spiro atoms. The second-order valence-electron chi connectivity index (χ2n) is 7.44. The van der Waals surface area contributed by atoms with Gasteiger partial charge in [0, 0.05) is 42.8 Å². The van der Waals surface area contributed by atoms with Crippen LogP contribution < -0.4 is 10.2 Å². The quantitative estimate of drug-likeness (QED) is 0.616. The Kier molecular flexibility index (Phi) is 5.84. The number of rotatable bonds is 6. The van der Waals surface area contributed by atoms with Gasteiger partial charge in [0.2, 0.25) is 0 Å². The molecule has 5 nitrogen and oxygen atoms in total. The third-order valence-electron chi connectivity index (χ3n) is 5.55. The molecule has 1 aliphatic heterocycles. The largest absolute Gasteiger partial charge is 0.387 e. The van der Waals surface area contributed by atoms with Gasteiger partial charge in [-0.15, -0.1) is 0 Å². The van der Waals surface area contributed by atoms with Gasteiger partial charge in [0.25, 0.3) is 0 Å². The number of nitrogens with one attached hydrogen (secondary N) is 2. The van der Waals surface area contributed by atoms with E-state index in [0.29, 0.717) is 6.04 Å². The van der Waals surface area contributed by atoms with E-state index in [1.165, 1.54) is 17.5 Å². The maximum atomic E-state index is 7.80. The first kappa shape index (κ1) is 19.1. The summed E-state index contributed by atoms with van der Waals surface area (Å²) < 4.78 is 0. The Labute approximate surface area is 172 Å². The van der Waals surface area contributed by atoms with Crippen LogP contribution in [0.25, 0.3) is 16.6 Å². The molecule has 1 saturated heterocycles. The van der Waals surface area contributed by atoms with Crippen LogP contribution in [0.4, 0.5) is 5.69 Å². The highest BCUT2D eigenvalue weighted by molar-refractivity contribution is 6.07. The molecule has 0 aliphatic carbocycles. The number of aromatic nitrogens is 2. The van der Waals surface area contributed by atoms with E-state index in [1.807, 2.05) is 30.5 Å². The fraction of sp³-hybridized carbons (Fsp3) is 0.292. The van der Waals surface area contributed by atoms with Crippen LogP contribution >= 0.6 is 0 Å².